The lowest BCUT2D eigenvalue weighted by atomic mass is 9.80. The molecular formula is C13H17NOS. The van der Waals surface area contributed by atoms with Gasteiger partial charge in [0.2, 0.25) is 0 Å². The molecule has 0 radical (unpaired) electrons. The van der Waals surface area contributed by atoms with Gasteiger partial charge in [-0.3, -0.25) is 0 Å². The minimum atomic E-state index is -0.610. The fourth-order valence-corrected chi connectivity index (χ4v) is 3.59. The molecule has 0 aliphatic heterocycles. The van der Waals surface area contributed by atoms with Crippen LogP contribution in [-0.4, -0.2) is 5.11 Å². The van der Waals surface area contributed by atoms with E-state index in [1.54, 1.807) is 11.3 Å². The third-order valence-corrected chi connectivity index (χ3v) is 4.63. The number of nitrogens with zero attached hydrogens (tertiary/aromatic N) is 1. The Hall–Kier alpha value is -0.850. The van der Waals surface area contributed by atoms with Crippen molar-refractivity contribution in [3.05, 3.63) is 21.9 Å². The van der Waals surface area contributed by atoms with Gasteiger partial charge in [-0.1, -0.05) is 6.92 Å². The first-order valence-electron chi connectivity index (χ1n) is 5.73. The molecular weight excluding hydrogens is 218 g/mol. The topological polar surface area (TPSA) is 44.0 Å². The van der Waals surface area contributed by atoms with Crippen molar-refractivity contribution in [2.75, 3.05) is 0 Å². The van der Waals surface area contributed by atoms with E-state index in [0.29, 0.717) is 5.92 Å². The summed E-state index contributed by atoms with van der Waals surface area (Å²) in [5.74, 6) is 0.551. The van der Waals surface area contributed by atoms with Crippen LogP contribution in [0.1, 0.15) is 42.0 Å². The summed E-state index contributed by atoms with van der Waals surface area (Å²) < 4.78 is 0. The van der Waals surface area contributed by atoms with Crippen molar-refractivity contribution >= 4 is 11.3 Å². The summed E-state index contributed by atoms with van der Waals surface area (Å²) in [4.78, 5) is 2.13. The maximum absolute atomic E-state index is 10.4. The molecule has 1 saturated carbocycles. The summed E-state index contributed by atoms with van der Waals surface area (Å²) in [6.45, 7) is 4.18. The Bertz CT molecular complexity index is 420. The van der Waals surface area contributed by atoms with Gasteiger partial charge >= 0.3 is 0 Å². The van der Waals surface area contributed by atoms with Gasteiger partial charge in [-0.15, -0.1) is 11.3 Å². The van der Waals surface area contributed by atoms with E-state index in [9.17, 15) is 10.4 Å². The number of aliphatic hydroxyl groups is 1. The smallest absolute Gasteiger partial charge is 0.107 e. The summed E-state index contributed by atoms with van der Waals surface area (Å²) in [6.07, 6.45) is 2.08. The normalized spacial score (nSPS) is 31.2. The molecule has 0 bridgehead atoms. The Morgan fingerprint density at radius 2 is 2.38 bits per heavy atom. The van der Waals surface area contributed by atoms with Gasteiger partial charge in [0, 0.05) is 9.75 Å². The standard InChI is InChI=1S/C13H17NOS/c1-9-5-6-13(7-9,8-14)12(15)11-4-3-10(2)16-11/h3-4,9,12,15H,5-7H2,1-2H3. The first-order valence-corrected chi connectivity index (χ1v) is 6.55. The van der Waals surface area contributed by atoms with Gasteiger partial charge in [0.05, 0.1) is 11.5 Å². The molecule has 0 spiro atoms. The SMILES string of the molecule is Cc1ccc(C(O)C2(C#N)CCC(C)C2)s1. The molecule has 1 aliphatic carbocycles. The van der Waals surface area contributed by atoms with Crippen LogP contribution in [0.2, 0.25) is 0 Å². The number of rotatable bonds is 2. The van der Waals surface area contributed by atoms with E-state index in [0.717, 1.165) is 24.1 Å². The van der Waals surface area contributed by atoms with Crippen LogP contribution in [0.4, 0.5) is 0 Å². The Balaban J connectivity index is 2.26. The average Bonchev–Trinajstić information content (AvgIpc) is 2.85. The highest BCUT2D eigenvalue weighted by atomic mass is 32.1. The second-order valence-electron chi connectivity index (χ2n) is 4.97. The van der Waals surface area contributed by atoms with Gasteiger partial charge in [-0.25, -0.2) is 0 Å². The molecule has 1 heterocycles. The highest BCUT2D eigenvalue weighted by Crippen LogP contribution is 2.50. The highest BCUT2D eigenvalue weighted by Gasteiger charge is 2.44. The predicted molar refractivity (Wildman–Crippen MR) is 65.1 cm³/mol. The summed E-state index contributed by atoms with van der Waals surface area (Å²) in [6, 6.07) is 6.33. The van der Waals surface area contributed by atoms with Crippen LogP contribution in [0.5, 0.6) is 0 Å². The van der Waals surface area contributed by atoms with E-state index in [4.69, 9.17) is 0 Å². The number of hydrogen-bond acceptors (Lipinski definition) is 3. The second kappa shape index (κ2) is 4.20. The zero-order valence-electron chi connectivity index (χ0n) is 9.73. The Morgan fingerprint density at radius 1 is 1.62 bits per heavy atom. The second-order valence-corrected chi connectivity index (χ2v) is 6.29. The van der Waals surface area contributed by atoms with Crippen molar-refractivity contribution in [1.82, 2.24) is 0 Å². The largest absolute Gasteiger partial charge is 0.386 e. The molecule has 0 aromatic carbocycles. The molecule has 1 fully saturated rings. The lowest BCUT2D eigenvalue weighted by Crippen LogP contribution is -2.23. The van der Waals surface area contributed by atoms with Gasteiger partial charge in [-0.2, -0.15) is 5.26 Å². The molecule has 1 aromatic heterocycles. The van der Waals surface area contributed by atoms with Gasteiger partial charge in [-0.05, 0) is 44.2 Å². The molecule has 3 atom stereocenters. The first-order chi connectivity index (χ1) is 7.57. The molecule has 3 unspecified atom stereocenters. The summed E-state index contributed by atoms with van der Waals surface area (Å²) in [5, 5.41) is 19.8. The van der Waals surface area contributed by atoms with Crippen molar-refractivity contribution in [3.63, 3.8) is 0 Å². The van der Waals surface area contributed by atoms with E-state index in [1.165, 1.54) is 4.88 Å². The third-order valence-electron chi connectivity index (χ3n) is 3.57. The molecule has 3 heteroatoms. The van der Waals surface area contributed by atoms with Gasteiger partial charge in [0.1, 0.15) is 6.10 Å². The van der Waals surface area contributed by atoms with Gasteiger partial charge < -0.3 is 5.11 Å². The minimum absolute atomic E-state index is 0.545. The van der Waals surface area contributed by atoms with Crippen LogP contribution >= 0.6 is 11.3 Å². The monoisotopic (exact) mass is 235 g/mol. The van der Waals surface area contributed by atoms with Gasteiger partial charge in [0.15, 0.2) is 0 Å². The Kier molecular flexibility index (Phi) is 3.05. The maximum atomic E-state index is 10.4. The fraction of sp³-hybridized carbons (Fsp3) is 0.615. The number of aliphatic hydroxyl groups excluding tert-OH is 1. The highest BCUT2D eigenvalue weighted by molar-refractivity contribution is 7.12. The van der Waals surface area contributed by atoms with Crippen LogP contribution in [0.25, 0.3) is 0 Å². The lowest BCUT2D eigenvalue weighted by Gasteiger charge is -2.26. The molecule has 86 valence electrons. The molecule has 2 nitrogen and oxygen atoms in total. The van der Waals surface area contributed by atoms with Crippen LogP contribution in [0.3, 0.4) is 0 Å². The average molecular weight is 235 g/mol. The van der Waals surface area contributed by atoms with Crippen molar-refractivity contribution in [1.29, 1.82) is 5.26 Å². The summed E-state index contributed by atoms with van der Waals surface area (Å²) in [7, 11) is 0. The number of thiophene rings is 1. The fourth-order valence-electron chi connectivity index (χ4n) is 2.61. The molecule has 1 aromatic rings. The maximum Gasteiger partial charge on any atom is 0.107 e. The zero-order valence-corrected chi connectivity index (χ0v) is 10.5. The Labute approximate surface area is 101 Å². The predicted octanol–water partition coefficient (Wildman–Crippen LogP) is 3.42. The summed E-state index contributed by atoms with van der Waals surface area (Å²) in [5.41, 5.74) is -0.545. The molecule has 0 amide bonds. The first kappa shape index (κ1) is 11.6. The number of nitriles is 1. The van der Waals surface area contributed by atoms with Crippen molar-refractivity contribution in [3.8, 4) is 6.07 Å². The van der Waals surface area contributed by atoms with Crippen molar-refractivity contribution in [2.45, 2.75) is 39.2 Å². The molecule has 16 heavy (non-hydrogen) atoms. The third kappa shape index (κ3) is 1.88. The van der Waals surface area contributed by atoms with Crippen LogP contribution in [-0.2, 0) is 0 Å². The minimum Gasteiger partial charge on any atom is -0.386 e. The Morgan fingerprint density at radius 3 is 2.81 bits per heavy atom. The number of aryl methyl sites for hydroxylation is 1. The van der Waals surface area contributed by atoms with Crippen LogP contribution < -0.4 is 0 Å². The van der Waals surface area contributed by atoms with Crippen molar-refractivity contribution < 1.29 is 5.11 Å². The van der Waals surface area contributed by atoms with E-state index in [2.05, 4.69) is 13.0 Å². The molecule has 0 saturated heterocycles. The van der Waals surface area contributed by atoms with Crippen LogP contribution in [0, 0.1) is 29.6 Å². The van der Waals surface area contributed by atoms with Crippen molar-refractivity contribution in [2.24, 2.45) is 11.3 Å². The van der Waals surface area contributed by atoms with Gasteiger partial charge in [0.25, 0.3) is 0 Å². The van der Waals surface area contributed by atoms with E-state index in [1.807, 2.05) is 19.1 Å². The number of hydrogen-bond donors (Lipinski definition) is 1. The summed E-state index contributed by atoms with van der Waals surface area (Å²) >= 11 is 1.60. The molecule has 1 N–H and O–H groups in total. The van der Waals surface area contributed by atoms with E-state index >= 15 is 0 Å². The quantitative estimate of drug-likeness (QED) is 0.853. The van der Waals surface area contributed by atoms with E-state index < -0.39 is 11.5 Å². The van der Waals surface area contributed by atoms with Crippen LogP contribution in [0.15, 0.2) is 12.1 Å². The lowest BCUT2D eigenvalue weighted by molar-refractivity contribution is 0.0678. The molecule has 2 rings (SSSR count). The molecule has 1 aliphatic rings. The zero-order chi connectivity index (χ0) is 11.8. The van der Waals surface area contributed by atoms with E-state index in [-0.39, 0.29) is 0 Å².